The summed E-state index contributed by atoms with van der Waals surface area (Å²) in [7, 11) is 0. The summed E-state index contributed by atoms with van der Waals surface area (Å²) in [6.07, 6.45) is 9.90. The summed E-state index contributed by atoms with van der Waals surface area (Å²) in [5.41, 5.74) is 0. The molecule has 3 atom stereocenters. The van der Waals surface area contributed by atoms with E-state index in [1.165, 1.54) is 51.5 Å². The van der Waals surface area contributed by atoms with E-state index < -0.39 is 0 Å². The smallest absolute Gasteiger partial charge is 0.0252 e. The second kappa shape index (κ2) is 6.02. The molecule has 0 aromatic carbocycles. The van der Waals surface area contributed by atoms with Crippen LogP contribution in [0.15, 0.2) is 0 Å². The Bertz CT molecular complexity index is 205. The molecule has 0 aromatic heterocycles. The highest BCUT2D eigenvalue weighted by atomic mass is 15.2. The van der Waals surface area contributed by atoms with Gasteiger partial charge in [-0.05, 0) is 45.2 Å². The Kier molecular flexibility index (Phi) is 4.66. The maximum atomic E-state index is 3.69. The number of nitrogens with zero attached hydrogens (tertiary/aromatic N) is 1. The zero-order chi connectivity index (χ0) is 11.4. The van der Waals surface area contributed by atoms with Crippen molar-refractivity contribution >= 4 is 0 Å². The first-order chi connectivity index (χ1) is 7.86. The van der Waals surface area contributed by atoms with Crippen LogP contribution in [-0.4, -0.2) is 36.1 Å². The third-order valence-corrected chi connectivity index (χ3v) is 4.52. The van der Waals surface area contributed by atoms with Gasteiger partial charge in [-0.25, -0.2) is 0 Å². The van der Waals surface area contributed by atoms with Crippen molar-refractivity contribution in [3.63, 3.8) is 0 Å². The average Bonchev–Trinajstić information content (AvgIpc) is 2.77. The Morgan fingerprint density at radius 2 is 1.94 bits per heavy atom. The molecule has 0 amide bonds. The van der Waals surface area contributed by atoms with Crippen LogP contribution >= 0.6 is 0 Å². The summed E-state index contributed by atoms with van der Waals surface area (Å²) in [4.78, 5) is 2.84. The molecular formula is C14H28N2. The van der Waals surface area contributed by atoms with Crippen LogP contribution in [0, 0.1) is 0 Å². The largest absolute Gasteiger partial charge is 0.313 e. The number of piperidine rings is 1. The van der Waals surface area contributed by atoms with Crippen LogP contribution in [0.5, 0.6) is 0 Å². The predicted octanol–water partition coefficient (Wildman–Crippen LogP) is 2.78. The molecule has 3 unspecified atom stereocenters. The molecule has 1 heterocycles. The van der Waals surface area contributed by atoms with E-state index in [0.717, 1.165) is 24.7 Å². The molecule has 1 aliphatic carbocycles. The lowest BCUT2D eigenvalue weighted by atomic mass is 9.96. The van der Waals surface area contributed by atoms with Gasteiger partial charge < -0.3 is 5.32 Å². The normalized spacial score (nSPS) is 36.8. The summed E-state index contributed by atoms with van der Waals surface area (Å²) in [5.74, 6) is 0. The first kappa shape index (κ1) is 12.4. The SMILES string of the molecule is CCNC1CCCC1N1CCCCC1CC. The number of hydrogen-bond donors (Lipinski definition) is 1. The first-order valence-electron chi connectivity index (χ1n) is 7.36. The van der Waals surface area contributed by atoms with Gasteiger partial charge in [-0.3, -0.25) is 4.90 Å². The van der Waals surface area contributed by atoms with Crippen LogP contribution in [0.25, 0.3) is 0 Å². The number of likely N-dealkylation sites (N-methyl/N-ethyl adjacent to an activating group) is 1. The van der Waals surface area contributed by atoms with Gasteiger partial charge in [0.1, 0.15) is 0 Å². The molecule has 0 bridgehead atoms. The molecule has 0 radical (unpaired) electrons. The van der Waals surface area contributed by atoms with E-state index in [0.29, 0.717) is 0 Å². The lowest BCUT2D eigenvalue weighted by Crippen LogP contribution is -2.52. The zero-order valence-electron chi connectivity index (χ0n) is 11.0. The maximum Gasteiger partial charge on any atom is 0.0252 e. The fourth-order valence-corrected chi connectivity index (χ4v) is 3.74. The van der Waals surface area contributed by atoms with Gasteiger partial charge in [-0.2, -0.15) is 0 Å². The highest BCUT2D eigenvalue weighted by Crippen LogP contribution is 2.30. The standard InChI is InChI=1S/C14H28N2/c1-3-12-8-5-6-11-16(12)14-10-7-9-13(14)15-4-2/h12-15H,3-11H2,1-2H3. The van der Waals surface area contributed by atoms with E-state index in [2.05, 4.69) is 24.1 Å². The average molecular weight is 224 g/mol. The maximum absolute atomic E-state index is 3.69. The monoisotopic (exact) mass is 224 g/mol. The van der Waals surface area contributed by atoms with Crippen molar-refractivity contribution < 1.29 is 0 Å². The quantitative estimate of drug-likeness (QED) is 0.790. The van der Waals surface area contributed by atoms with Crippen LogP contribution < -0.4 is 5.32 Å². The predicted molar refractivity (Wildman–Crippen MR) is 69.7 cm³/mol. The summed E-state index contributed by atoms with van der Waals surface area (Å²) in [5, 5.41) is 3.69. The number of nitrogens with one attached hydrogen (secondary N) is 1. The fraction of sp³-hybridized carbons (Fsp3) is 1.00. The molecule has 2 heteroatoms. The van der Waals surface area contributed by atoms with Gasteiger partial charge in [0.05, 0.1) is 0 Å². The summed E-state index contributed by atoms with van der Waals surface area (Å²) in [6.45, 7) is 7.08. The summed E-state index contributed by atoms with van der Waals surface area (Å²) < 4.78 is 0. The molecule has 0 spiro atoms. The van der Waals surface area contributed by atoms with E-state index in [4.69, 9.17) is 0 Å². The van der Waals surface area contributed by atoms with E-state index >= 15 is 0 Å². The molecule has 2 nitrogen and oxygen atoms in total. The molecule has 2 aliphatic rings. The Balaban J connectivity index is 1.97. The molecule has 0 aromatic rings. The van der Waals surface area contributed by atoms with E-state index in [9.17, 15) is 0 Å². The van der Waals surface area contributed by atoms with Crippen molar-refractivity contribution in [1.82, 2.24) is 10.2 Å². The van der Waals surface area contributed by atoms with Gasteiger partial charge in [0.25, 0.3) is 0 Å². The third kappa shape index (κ3) is 2.60. The van der Waals surface area contributed by atoms with Crippen LogP contribution in [0.3, 0.4) is 0 Å². The zero-order valence-corrected chi connectivity index (χ0v) is 11.0. The molecule has 2 rings (SSSR count). The van der Waals surface area contributed by atoms with Crippen molar-refractivity contribution in [2.75, 3.05) is 13.1 Å². The second-order valence-corrected chi connectivity index (χ2v) is 5.46. The van der Waals surface area contributed by atoms with E-state index in [1.807, 2.05) is 0 Å². The molecule has 1 N–H and O–H groups in total. The van der Waals surface area contributed by atoms with Crippen molar-refractivity contribution in [1.29, 1.82) is 0 Å². The molecule has 1 saturated carbocycles. The highest BCUT2D eigenvalue weighted by molar-refractivity contribution is 4.93. The van der Waals surface area contributed by atoms with E-state index in [1.54, 1.807) is 0 Å². The van der Waals surface area contributed by atoms with Gasteiger partial charge in [-0.15, -0.1) is 0 Å². The minimum Gasteiger partial charge on any atom is -0.313 e. The minimum absolute atomic E-state index is 0.775. The van der Waals surface area contributed by atoms with Gasteiger partial charge in [0, 0.05) is 18.1 Å². The van der Waals surface area contributed by atoms with Gasteiger partial charge in [0.15, 0.2) is 0 Å². The van der Waals surface area contributed by atoms with Crippen LogP contribution in [0.2, 0.25) is 0 Å². The second-order valence-electron chi connectivity index (χ2n) is 5.46. The van der Waals surface area contributed by atoms with Crippen LogP contribution in [-0.2, 0) is 0 Å². The van der Waals surface area contributed by atoms with Gasteiger partial charge in [0.2, 0.25) is 0 Å². The first-order valence-corrected chi connectivity index (χ1v) is 7.36. The highest BCUT2D eigenvalue weighted by Gasteiger charge is 2.35. The third-order valence-electron chi connectivity index (χ3n) is 4.52. The topological polar surface area (TPSA) is 15.3 Å². The molecule has 1 aliphatic heterocycles. The Morgan fingerprint density at radius 3 is 2.69 bits per heavy atom. The molecule has 1 saturated heterocycles. The van der Waals surface area contributed by atoms with Crippen molar-refractivity contribution in [3.8, 4) is 0 Å². The van der Waals surface area contributed by atoms with Crippen LogP contribution in [0.4, 0.5) is 0 Å². The lowest BCUT2D eigenvalue weighted by molar-refractivity contribution is 0.0802. The number of rotatable bonds is 4. The van der Waals surface area contributed by atoms with Crippen molar-refractivity contribution in [2.45, 2.75) is 76.9 Å². The summed E-state index contributed by atoms with van der Waals surface area (Å²) >= 11 is 0. The van der Waals surface area contributed by atoms with Gasteiger partial charge in [-0.1, -0.05) is 26.7 Å². The number of hydrogen-bond acceptors (Lipinski definition) is 2. The van der Waals surface area contributed by atoms with Crippen molar-refractivity contribution in [3.05, 3.63) is 0 Å². The fourth-order valence-electron chi connectivity index (χ4n) is 3.74. The Labute approximate surface area is 101 Å². The lowest BCUT2D eigenvalue weighted by Gasteiger charge is -2.42. The molecule has 16 heavy (non-hydrogen) atoms. The Hall–Kier alpha value is -0.0800. The summed E-state index contributed by atoms with van der Waals surface area (Å²) in [6, 6.07) is 2.49. The minimum atomic E-state index is 0.775. The van der Waals surface area contributed by atoms with E-state index in [-0.39, 0.29) is 0 Å². The number of likely N-dealkylation sites (tertiary alicyclic amines) is 1. The van der Waals surface area contributed by atoms with Crippen molar-refractivity contribution in [2.24, 2.45) is 0 Å². The molecule has 2 fully saturated rings. The van der Waals surface area contributed by atoms with Crippen LogP contribution in [0.1, 0.15) is 58.8 Å². The molecule has 94 valence electrons. The Morgan fingerprint density at radius 1 is 1.06 bits per heavy atom. The molecular weight excluding hydrogens is 196 g/mol. The van der Waals surface area contributed by atoms with Gasteiger partial charge >= 0.3 is 0 Å².